The van der Waals surface area contributed by atoms with Crippen LogP contribution in [0.15, 0.2) is 54.6 Å². The van der Waals surface area contributed by atoms with Crippen molar-refractivity contribution in [2.75, 3.05) is 18.1 Å². The zero-order valence-electron chi connectivity index (χ0n) is 12.6. The van der Waals surface area contributed by atoms with E-state index >= 15 is 0 Å². The summed E-state index contributed by atoms with van der Waals surface area (Å²) in [6.45, 7) is 1.40. The molecule has 1 aliphatic heterocycles. The molecule has 23 heavy (non-hydrogen) atoms. The third-order valence-electron chi connectivity index (χ3n) is 3.55. The molecular formula is C17H19N3O3. The van der Waals surface area contributed by atoms with E-state index in [9.17, 15) is 4.79 Å². The van der Waals surface area contributed by atoms with Gasteiger partial charge >= 0.3 is 6.03 Å². The van der Waals surface area contributed by atoms with Crippen molar-refractivity contribution in [2.24, 2.45) is 5.73 Å². The zero-order chi connectivity index (χ0) is 16.1. The normalized spacial score (nSPS) is 16.7. The highest BCUT2D eigenvalue weighted by Gasteiger charge is 2.29. The van der Waals surface area contributed by atoms with E-state index in [4.69, 9.17) is 15.2 Å². The standard InChI is InChI=1S/C17H19N3O3/c18-16(21)20-15-9-5-4-6-13(15)12-23-17(20)19-10-11-22-14-7-2-1-3-8-14/h1-9,17,19H,10-12H2,(H2,18,21). The summed E-state index contributed by atoms with van der Waals surface area (Å²) in [6, 6.07) is 16.5. The molecular weight excluding hydrogens is 294 g/mol. The summed E-state index contributed by atoms with van der Waals surface area (Å²) in [6.07, 6.45) is -0.596. The van der Waals surface area contributed by atoms with Crippen LogP contribution in [0.5, 0.6) is 5.75 Å². The average Bonchev–Trinajstić information content (AvgIpc) is 2.59. The maximum absolute atomic E-state index is 11.8. The second kappa shape index (κ2) is 7.13. The monoisotopic (exact) mass is 313 g/mol. The van der Waals surface area contributed by atoms with Crippen LogP contribution in [0.2, 0.25) is 0 Å². The van der Waals surface area contributed by atoms with Crippen LogP contribution in [0.3, 0.4) is 0 Å². The van der Waals surface area contributed by atoms with E-state index < -0.39 is 12.4 Å². The summed E-state index contributed by atoms with van der Waals surface area (Å²) in [7, 11) is 0. The van der Waals surface area contributed by atoms with Crippen LogP contribution in [0.1, 0.15) is 5.56 Å². The van der Waals surface area contributed by atoms with Crippen molar-refractivity contribution >= 4 is 11.7 Å². The fraction of sp³-hybridized carbons (Fsp3) is 0.235. The summed E-state index contributed by atoms with van der Waals surface area (Å²) in [5.74, 6) is 0.802. The fourth-order valence-electron chi connectivity index (χ4n) is 2.49. The molecule has 3 N–H and O–H groups in total. The minimum atomic E-state index is -0.596. The lowest BCUT2D eigenvalue weighted by Crippen LogP contribution is -2.55. The van der Waals surface area contributed by atoms with Crippen LogP contribution >= 0.6 is 0 Å². The largest absolute Gasteiger partial charge is 0.492 e. The molecule has 0 radical (unpaired) electrons. The van der Waals surface area contributed by atoms with Crippen LogP contribution in [0.4, 0.5) is 10.5 Å². The highest BCUT2D eigenvalue weighted by molar-refractivity contribution is 5.92. The van der Waals surface area contributed by atoms with Gasteiger partial charge in [-0.25, -0.2) is 4.79 Å². The highest BCUT2D eigenvalue weighted by Crippen LogP contribution is 2.27. The van der Waals surface area contributed by atoms with Gasteiger partial charge in [0.05, 0.1) is 12.3 Å². The van der Waals surface area contributed by atoms with Crippen LogP contribution in [-0.2, 0) is 11.3 Å². The lowest BCUT2D eigenvalue weighted by Gasteiger charge is -2.36. The number of hydrogen-bond donors (Lipinski definition) is 2. The third kappa shape index (κ3) is 3.61. The first-order valence-corrected chi connectivity index (χ1v) is 7.45. The van der Waals surface area contributed by atoms with E-state index in [-0.39, 0.29) is 0 Å². The summed E-state index contributed by atoms with van der Waals surface area (Å²) in [4.78, 5) is 13.2. The Labute approximate surface area is 134 Å². The molecule has 0 saturated heterocycles. The minimum Gasteiger partial charge on any atom is -0.492 e. The Balaban J connectivity index is 1.58. The molecule has 0 aliphatic carbocycles. The lowest BCUT2D eigenvalue weighted by atomic mass is 10.1. The van der Waals surface area contributed by atoms with Crippen molar-refractivity contribution in [1.82, 2.24) is 5.32 Å². The van der Waals surface area contributed by atoms with Gasteiger partial charge in [-0.1, -0.05) is 36.4 Å². The van der Waals surface area contributed by atoms with Crippen LogP contribution in [0.25, 0.3) is 0 Å². The number of carbonyl (C=O) groups is 1. The number of rotatable bonds is 5. The van der Waals surface area contributed by atoms with Gasteiger partial charge in [0, 0.05) is 12.1 Å². The molecule has 1 unspecified atom stereocenters. The Morgan fingerprint density at radius 2 is 1.96 bits per heavy atom. The molecule has 1 aliphatic rings. The van der Waals surface area contributed by atoms with Gasteiger partial charge in [-0.3, -0.25) is 10.2 Å². The Kier molecular flexibility index (Phi) is 4.75. The van der Waals surface area contributed by atoms with E-state index in [2.05, 4.69) is 5.32 Å². The number of amides is 2. The van der Waals surface area contributed by atoms with Crippen LogP contribution in [0, 0.1) is 0 Å². The molecule has 0 aromatic heterocycles. The number of fused-ring (bicyclic) bond motifs is 1. The number of primary amides is 1. The third-order valence-corrected chi connectivity index (χ3v) is 3.55. The molecule has 0 spiro atoms. The SMILES string of the molecule is NC(=O)N1c2ccccc2COC1NCCOc1ccccc1. The number of para-hydroxylation sites is 2. The molecule has 1 heterocycles. The molecule has 3 rings (SSSR count). The number of anilines is 1. The zero-order valence-corrected chi connectivity index (χ0v) is 12.6. The predicted octanol–water partition coefficient (Wildman–Crippen LogP) is 2.05. The van der Waals surface area contributed by atoms with E-state index in [0.29, 0.717) is 19.8 Å². The number of nitrogens with two attached hydrogens (primary N) is 1. The smallest absolute Gasteiger partial charge is 0.322 e. The average molecular weight is 313 g/mol. The van der Waals surface area contributed by atoms with Crippen molar-refractivity contribution in [3.05, 3.63) is 60.2 Å². The topological polar surface area (TPSA) is 76.8 Å². The van der Waals surface area contributed by atoms with Gasteiger partial charge in [0.25, 0.3) is 0 Å². The van der Waals surface area contributed by atoms with Gasteiger partial charge in [-0.05, 0) is 18.2 Å². The predicted molar refractivity (Wildman–Crippen MR) is 87.0 cm³/mol. The number of ether oxygens (including phenoxy) is 2. The van der Waals surface area contributed by atoms with Gasteiger partial charge in [0.15, 0.2) is 6.35 Å². The van der Waals surface area contributed by atoms with Crippen molar-refractivity contribution in [2.45, 2.75) is 13.0 Å². The first-order chi connectivity index (χ1) is 11.3. The maximum Gasteiger partial charge on any atom is 0.322 e. The summed E-state index contributed by atoms with van der Waals surface area (Å²) < 4.78 is 11.3. The minimum absolute atomic E-state index is 0.428. The second-order valence-corrected chi connectivity index (χ2v) is 5.12. The Bertz CT molecular complexity index is 663. The second-order valence-electron chi connectivity index (χ2n) is 5.12. The Hall–Kier alpha value is -2.57. The molecule has 2 amide bonds. The summed E-state index contributed by atoms with van der Waals surface area (Å²) in [5, 5.41) is 3.14. The number of carbonyl (C=O) groups excluding carboxylic acids is 1. The van der Waals surface area contributed by atoms with Crippen molar-refractivity contribution < 1.29 is 14.3 Å². The number of nitrogens with zero attached hydrogens (tertiary/aromatic N) is 1. The molecule has 2 aromatic carbocycles. The van der Waals surface area contributed by atoms with E-state index in [1.54, 1.807) is 0 Å². The van der Waals surface area contributed by atoms with Gasteiger partial charge < -0.3 is 15.2 Å². The number of benzene rings is 2. The van der Waals surface area contributed by atoms with Crippen molar-refractivity contribution in [1.29, 1.82) is 0 Å². The molecule has 6 heteroatoms. The van der Waals surface area contributed by atoms with Gasteiger partial charge in [-0.15, -0.1) is 0 Å². The molecule has 0 fully saturated rings. The molecule has 2 aromatic rings. The Morgan fingerprint density at radius 3 is 2.74 bits per heavy atom. The number of hydrogen-bond acceptors (Lipinski definition) is 4. The first kappa shape index (κ1) is 15.3. The highest BCUT2D eigenvalue weighted by atomic mass is 16.5. The van der Waals surface area contributed by atoms with E-state index in [0.717, 1.165) is 17.0 Å². The van der Waals surface area contributed by atoms with Gasteiger partial charge in [-0.2, -0.15) is 0 Å². The van der Waals surface area contributed by atoms with E-state index in [1.165, 1.54) is 4.90 Å². The Morgan fingerprint density at radius 1 is 1.22 bits per heavy atom. The molecule has 120 valence electrons. The first-order valence-electron chi connectivity index (χ1n) is 7.45. The van der Waals surface area contributed by atoms with Crippen molar-refractivity contribution in [3.63, 3.8) is 0 Å². The molecule has 6 nitrogen and oxygen atoms in total. The van der Waals surface area contributed by atoms with Gasteiger partial charge in [0.2, 0.25) is 0 Å². The summed E-state index contributed by atoms with van der Waals surface area (Å²) >= 11 is 0. The fourth-order valence-corrected chi connectivity index (χ4v) is 2.49. The molecule has 1 atom stereocenters. The van der Waals surface area contributed by atoms with Gasteiger partial charge in [0.1, 0.15) is 12.4 Å². The summed E-state index contributed by atoms with van der Waals surface area (Å²) in [5.41, 5.74) is 7.21. The van der Waals surface area contributed by atoms with Crippen molar-refractivity contribution in [3.8, 4) is 5.75 Å². The number of nitrogens with one attached hydrogen (secondary N) is 1. The molecule has 0 saturated carbocycles. The maximum atomic E-state index is 11.8. The lowest BCUT2D eigenvalue weighted by molar-refractivity contribution is 0.0101. The number of urea groups is 1. The van der Waals surface area contributed by atoms with E-state index in [1.807, 2.05) is 54.6 Å². The van der Waals surface area contributed by atoms with Crippen LogP contribution < -0.4 is 20.7 Å². The molecule has 0 bridgehead atoms. The van der Waals surface area contributed by atoms with Crippen LogP contribution in [-0.4, -0.2) is 25.5 Å². The quantitative estimate of drug-likeness (QED) is 0.828.